The molecule has 0 unspecified atom stereocenters. The number of carbonyl (C=O) groups excluding carboxylic acids is 2. The minimum absolute atomic E-state index is 0.0427. The molecule has 2 saturated heterocycles. The summed E-state index contributed by atoms with van der Waals surface area (Å²) in [7, 11) is 2.68. The molecule has 0 spiro atoms. The van der Waals surface area contributed by atoms with Gasteiger partial charge in [-0.25, -0.2) is 4.79 Å². The van der Waals surface area contributed by atoms with E-state index in [1.54, 1.807) is 13.8 Å². The quantitative estimate of drug-likeness (QED) is 0.620. The SMILES string of the molecule is COc1cc(O)cc(OC)c1C(=O)N[C@@H]1C(=O)N2[C@@H]1SC(C)(C)[C@@H]2C(=O)O. The number of carbonyl (C=O) groups is 3. The van der Waals surface area contributed by atoms with Crippen molar-refractivity contribution < 1.29 is 34.1 Å². The number of rotatable bonds is 5. The number of amides is 2. The number of aromatic hydroxyl groups is 1. The van der Waals surface area contributed by atoms with Gasteiger partial charge in [0.15, 0.2) is 0 Å². The summed E-state index contributed by atoms with van der Waals surface area (Å²) >= 11 is 1.33. The molecule has 0 radical (unpaired) electrons. The largest absolute Gasteiger partial charge is 0.508 e. The van der Waals surface area contributed by atoms with Gasteiger partial charge >= 0.3 is 5.97 Å². The molecule has 146 valence electrons. The smallest absolute Gasteiger partial charge is 0.327 e. The number of carboxylic acids is 1. The summed E-state index contributed by atoms with van der Waals surface area (Å²) in [5.41, 5.74) is 0.0427. The first kappa shape index (κ1) is 19.2. The predicted octanol–water partition coefficient (Wildman–Crippen LogP) is 0.655. The minimum atomic E-state index is -1.07. The van der Waals surface area contributed by atoms with E-state index >= 15 is 0 Å². The molecule has 0 saturated carbocycles. The standard InChI is InChI=1S/C17H20N2O7S/c1-17(2)12(16(23)24)19-14(22)11(15(19)27-17)18-13(21)10-8(25-3)5-7(20)6-9(10)26-4/h5-6,11-12,15,20H,1-4H3,(H,18,21)(H,23,24)/t11-,12+,15-/m1/s1. The molecule has 1 aromatic rings. The Morgan fingerprint density at radius 3 is 2.26 bits per heavy atom. The van der Waals surface area contributed by atoms with Crippen LogP contribution in [0.3, 0.4) is 0 Å². The van der Waals surface area contributed by atoms with E-state index < -0.39 is 40.0 Å². The lowest BCUT2D eigenvalue weighted by molar-refractivity contribution is -0.159. The van der Waals surface area contributed by atoms with Crippen molar-refractivity contribution in [3.63, 3.8) is 0 Å². The van der Waals surface area contributed by atoms with Crippen LogP contribution in [0.4, 0.5) is 0 Å². The second kappa shape index (κ2) is 6.52. The summed E-state index contributed by atoms with van der Waals surface area (Å²) in [4.78, 5) is 38.1. The van der Waals surface area contributed by atoms with Crippen molar-refractivity contribution >= 4 is 29.5 Å². The third-order valence-corrected chi connectivity index (χ3v) is 6.25. The summed E-state index contributed by atoms with van der Waals surface area (Å²) in [6, 6.07) is 0.723. The lowest BCUT2D eigenvalue weighted by Gasteiger charge is -2.43. The van der Waals surface area contributed by atoms with Gasteiger partial charge in [-0.3, -0.25) is 9.59 Å². The molecule has 10 heteroatoms. The predicted molar refractivity (Wildman–Crippen MR) is 96.2 cm³/mol. The lowest BCUT2D eigenvalue weighted by atomic mass is 9.96. The number of fused-ring (bicyclic) bond motifs is 1. The molecule has 2 fully saturated rings. The number of nitrogens with one attached hydrogen (secondary N) is 1. The molecular weight excluding hydrogens is 376 g/mol. The molecule has 2 aliphatic heterocycles. The van der Waals surface area contributed by atoms with E-state index in [4.69, 9.17) is 9.47 Å². The Morgan fingerprint density at radius 1 is 1.22 bits per heavy atom. The van der Waals surface area contributed by atoms with Crippen molar-refractivity contribution in [1.82, 2.24) is 10.2 Å². The van der Waals surface area contributed by atoms with Crippen LogP contribution < -0.4 is 14.8 Å². The van der Waals surface area contributed by atoms with E-state index in [1.807, 2.05) is 0 Å². The summed E-state index contributed by atoms with van der Waals surface area (Å²) < 4.78 is 9.60. The first-order chi connectivity index (χ1) is 12.6. The van der Waals surface area contributed by atoms with E-state index in [2.05, 4.69) is 5.32 Å². The number of thioether (sulfide) groups is 1. The van der Waals surface area contributed by atoms with Crippen LogP contribution >= 0.6 is 11.8 Å². The van der Waals surface area contributed by atoms with Crippen LogP contribution in [0, 0.1) is 0 Å². The number of nitrogens with zero attached hydrogens (tertiary/aromatic N) is 1. The number of aliphatic carboxylic acids is 1. The van der Waals surface area contributed by atoms with E-state index in [0.717, 1.165) is 0 Å². The van der Waals surface area contributed by atoms with Crippen molar-refractivity contribution in [2.45, 2.75) is 36.1 Å². The molecule has 0 aromatic heterocycles. The fourth-order valence-electron chi connectivity index (χ4n) is 3.48. The number of hydrogen-bond acceptors (Lipinski definition) is 7. The Morgan fingerprint density at radius 2 is 1.78 bits per heavy atom. The van der Waals surface area contributed by atoms with Crippen LogP contribution in [0.5, 0.6) is 17.2 Å². The van der Waals surface area contributed by atoms with Crippen molar-refractivity contribution in [2.24, 2.45) is 0 Å². The number of benzene rings is 1. The van der Waals surface area contributed by atoms with E-state index in [0.29, 0.717) is 0 Å². The second-order valence-electron chi connectivity index (χ2n) is 6.77. The summed E-state index contributed by atoms with van der Waals surface area (Å²) in [5.74, 6) is -2.08. The molecule has 3 atom stereocenters. The zero-order valence-electron chi connectivity index (χ0n) is 15.2. The van der Waals surface area contributed by atoms with Gasteiger partial charge in [0, 0.05) is 16.9 Å². The summed E-state index contributed by atoms with van der Waals surface area (Å²) in [5, 5.41) is 21.3. The molecular formula is C17H20N2O7S. The monoisotopic (exact) mass is 396 g/mol. The molecule has 27 heavy (non-hydrogen) atoms. The zero-order valence-corrected chi connectivity index (χ0v) is 16.0. The highest BCUT2D eigenvalue weighted by Gasteiger charge is 2.64. The Hall–Kier alpha value is -2.62. The maximum Gasteiger partial charge on any atom is 0.327 e. The third-order valence-electron chi connectivity index (χ3n) is 4.68. The van der Waals surface area contributed by atoms with Gasteiger partial charge in [0.2, 0.25) is 5.91 Å². The van der Waals surface area contributed by atoms with Gasteiger partial charge in [0.25, 0.3) is 5.91 Å². The topological polar surface area (TPSA) is 125 Å². The van der Waals surface area contributed by atoms with E-state index in [9.17, 15) is 24.6 Å². The molecule has 2 aliphatic rings. The van der Waals surface area contributed by atoms with Gasteiger partial charge < -0.3 is 29.9 Å². The summed E-state index contributed by atoms with van der Waals surface area (Å²) in [6.07, 6.45) is 0. The highest BCUT2D eigenvalue weighted by atomic mass is 32.2. The first-order valence-corrected chi connectivity index (χ1v) is 8.99. The van der Waals surface area contributed by atoms with Crippen molar-refractivity contribution in [3.8, 4) is 17.2 Å². The van der Waals surface area contributed by atoms with Crippen molar-refractivity contribution in [2.75, 3.05) is 14.2 Å². The van der Waals surface area contributed by atoms with Crippen LogP contribution in [0.1, 0.15) is 24.2 Å². The third kappa shape index (κ3) is 2.93. The molecule has 1 aromatic carbocycles. The molecule has 3 rings (SSSR count). The van der Waals surface area contributed by atoms with Gasteiger partial charge in [-0.2, -0.15) is 0 Å². The molecule has 9 nitrogen and oxygen atoms in total. The lowest BCUT2D eigenvalue weighted by Crippen LogP contribution is -2.70. The Bertz CT molecular complexity index is 800. The number of hydrogen-bond donors (Lipinski definition) is 3. The van der Waals surface area contributed by atoms with Crippen LogP contribution in [0.15, 0.2) is 12.1 Å². The Labute approximate surface area is 159 Å². The molecule has 2 heterocycles. The maximum atomic E-state index is 12.8. The fraction of sp³-hybridized carbons (Fsp3) is 0.471. The fourth-order valence-corrected chi connectivity index (χ4v) is 5.11. The number of β-lactam (4-membered cyclic amide) rings is 1. The van der Waals surface area contributed by atoms with Gasteiger partial charge in [-0.1, -0.05) is 0 Å². The van der Waals surface area contributed by atoms with Gasteiger partial charge in [-0.15, -0.1) is 11.8 Å². The second-order valence-corrected chi connectivity index (χ2v) is 8.55. The van der Waals surface area contributed by atoms with Crippen LogP contribution in [-0.2, 0) is 9.59 Å². The number of phenols is 1. The number of ether oxygens (including phenoxy) is 2. The Balaban J connectivity index is 1.85. The molecule has 0 aliphatic carbocycles. The number of phenolic OH excluding ortho intramolecular Hbond substituents is 1. The highest BCUT2D eigenvalue weighted by molar-refractivity contribution is 8.01. The van der Waals surface area contributed by atoms with E-state index in [-0.39, 0.29) is 22.8 Å². The van der Waals surface area contributed by atoms with E-state index in [1.165, 1.54) is 43.0 Å². The number of carboxylic acid groups (broad SMARTS) is 1. The molecule has 3 N–H and O–H groups in total. The Kier molecular flexibility index (Phi) is 4.62. The van der Waals surface area contributed by atoms with Crippen LogP contribution in [0.25, 0.3) is 0 Å². The summed E-state index contributed by atoms with van der Waals surface area (Å²) in [6.45, 7) is 3.51. The maximum absolute atomic E-state index is 12.8. The van der Waals surface area contributed by atoms with Crippen LogP contribution in [0.2, 0.25) is 0 Å². The first-order valence-electron chi connectivity index (χ1n) is 8.11. The average molecular weight is 396 g/mol. The molecule has 0 bridgehead atoms. The average Bonchev–Trinajstić information content (AvgIpc) is 2.86. The molecule has 2 amide bonds. The van der Waals surface area contributed by atoms with Gasteiger partial charge in [0.05, 0.1) is 14.2 Å². The van der Waals surface area contributed by atoms with Crippen LogP contribution in [-0.4, -0.2) is 69.3 Å². The number of methoxy groups -OCH3 is 2. The van der Waals surface area contributed by atoms with Crippen molar-refractivity contribution in [3.05, 3.63) is 17.7 Å². The highest BCUT2D eigenvalue weighted by Crippen LogP contribution is 2.51. The normalized spacial score (nSPS) is 25.4. The van der Waals surface area contributed by atoms with Gasteiger partial charge in [-0.05, 0) is 13.8 Å². The zero-order chi connectivity index (χ0) is 20.1. The van der Waals surface area contributed by atoms with Crippen molar-refractivity contribution in [1.29, 1.82) is 0 Å². The minimum Gasteiger partial charge on any atom is -0.508 e. The van der Waals surface area contributed by atoms with Gasteiger partial charge in [0.1, 0.15) is 40.3 Å².